The first-order valence-corrected chi connectivity index (χ1v) is 11.9. The number of amides is 1. The molecule has 0 bridgehead atoms. The van der Waals surface area contributed by atoms with E-state index in [9.17, 15) is 13.2 Å². The first kappa shape index (κ1) is 22.4. The summed E-state index contributed by atoms with van der Waals surface area (Å²) in [5.41, 5.74) is 2.75. The van der Waals surface area contributed by atoms with Gasteiger partial charge in [-0.25, -0.2) is 8.42 Å². The van der Waals surface area contributed by atoms with Gasteiger partial charge in [0.1, 0.15) is 0 Å². The Hall–Kier alpha value is -1.86. The highest BCUT2D eigenvalue weighted by atomic mass is 79.9. The predicted molar refractivity (Wildman–Crippen MR) is 118 cm³/mol. The second-order valence-corrected chi connectivity index (χ2v) is 9.75. The number of halogens is 1. The van der Waals surface area contributed by atoms with Crippen molar-refractivity contribution in [3.05, 3.63) is 64.1 Å². The Morgan fingerprint density at radius 2 is 1.86 bits per heavy atom. The molecule has 0 saturated heterocycles. The van der Waals surface area contributed by atoms with Crippen LogP contribution in [-0.2, 0) is 14.8 Å². The molecular formula is C21H27BrN2O3S. The van der Waals surface area contributed by atoms with Crippen LogP contribution in [0.4, 0.5) is 5.69 Å². The van der Waals surface area contributed by atoms with Crippen LogP contribution >= 0.6 is 15.9 Å². The zero-order chi connectivity index (χ0) is 20.7. The molecule has 0 unspecified atom stereocenters. The minimum Gasteiger partial charge on any atom is -0.356 e. The Morgan fingerprint density at radius 3 is 2.46 bits per heavy atom. The number of sulfonamides is 1. The normalized spacial score (nSPS) is 12.4. The number of rotatable bonds is 9. The molecule has 0 heterocycles. The fourth-order valence-electron chi connectivity index (χ4n) is 2.91. The van der Waals surface area contributed by atoms with E-state index in [-0.39, 0.29) is 24.8 Å². The van der Waals surface area contributed by atoms with Crippen LogP contribution in [0, 0.1) is 6.92 Å². The fourth-order valence-corrected chi connectivity index (χ4v) is 4.11. The van der Waals surface area contributed by atoms with Gasteiger partial charge in [-0.15, -0.1) is 0 Å². The predicted octanol–water partition coefficient (Wildman–Crippen LogP) is 4.22. The molecule has 0 spiro atoms. The van der Waals surface area contributed by atoms with E-state index in [1.54, 1.807) is 6.07 Å². The summed E-state index contributed by atoms with van der Waals surface area (Å²) in [5.74, 6) is 0.159. The van der Waals surface area contributed by atoms with Crippen molar-refractivity contribution in [3.63, 3.8) is 0 Å². The van der Waals surface area contributed by atoms with Crippen LogP contribution in [-0.4, -0.2) is 33.7 Å². The molecule has 7 heteroatoms. The third-order valence-electron chi connectivity index (χ3n) is 4.57. The summed E-state index contributed by atoms with van der Waals surface area (Å²) < 4.78 is 26.7. The SMILES string of the molecule is Cc1cc(N(CCCC(=O)NC[C@H](C)c2ccccc2)S(C)(=O)=O)ccc1Br. The average molecular weight is 467 g/mol. The van der Waals surface area contributed by atoms with Gasteiger partial charge in [-0.1, -0.05) is 53.2 Å². The van der Waals surface area contributed by atoms with Crippen molar-refractivity contribution in [1.82, 2.24) is 5.32 Å². The van der Waals surface area contributed by atoms with Gasteiger partial charge < -0.3 is 5.32 Å². The number of nitrogens with zero attached hydrogens (tertiary/aromatic N) is 1. The number of nitrogens with one attached hydrogen (secondary N) is 1. The summed E-state index contributed by atoms with van der Waals surface area (Å²) in [6, 6.07) is 15.4. The highest BCUT2D eigenvalue weighted by Crippen LogP contribution is 2.25. The van der Waals surface area contributed by atoms with Gasteiger partial charge >= 0.3 is 0 Å². The molecule has 5 nitrogen and oxygen atoms in total. The molecule has 28 heavy (non-hydrogen) atoms. The van der Waals surface area contributed by atoms with Gasteiger partial charge in [0.2, 0.25) is 15.9 Å². The van der Waals surface area contributed by atoms with Crippen LogP contribution < -0.4 is 9.62 Å². The zero-order valence-corrected chi connectivity index (χ0v) is 18.9. The summed E-state index contributed by atoms with van der Waals surface area (Å²) in [5, 5.41) is 2.94. The molecular weight excluding hydrogens is 440 g/mol. The number of benzene rings is 2. The number of aryl methyl sites for hydroxylation is 1. The van der Waals surface area contributed by atoms with Crippen LogP contribution in [0.5, 0.6) is 0 Å². The monoisotopic (exact) mass is 466 g/mol. The molecule has 0 aliphatic carbocycles. The molecule has 152 valence electrons. The van der Waals surface area contributed by atoms with E-state index >= 15 is 0 Å². The van der Waals surface area contributed by atoms with Gasteiger partial charge in [-0.05, 0) is 48.6 Å². The molecule has 1 amide bonds. The summed E-state index contributed by atoms with van der Waals surface area (Å²) in [7, 11) is -3.42. The van der Waals surface area contributed by atoms with Crippen LogP contribution in [0.25, 0.3) is 0 Å². The maximum absolute atomic E-state index is 12.2. The van der Waals surface area contributed by atoms with Gasteiger partial charge in [0, 0.05) is 24.0 Å². The summed E-state index contributed by atoms with van der Waals surface area (Å²) >= 11 is 3.43. The first-order chi connectivity index (χ1) is 13.2. The lowest BCUT2D eigenvalue weighted by Gasteiger charge is -2.23. The van der Waals surface area contributed by atoms with Crippen LogP contribution in [0.3, 0.4) is 0 Å². The van der Waals surface area contributed by atoms with Crippen molar-refractivity contribution >= 4 is 37.5 Å². The number of hydrogen-bond donors (Lipinski definition) is 1. The summed E-state index contributed by atoms with van der Waals surface area (Å²) in [6.45, 7) is 4.80. The number of carbonyl (C=O) groups excluding carboxylic acids is 1. The maximum atomic E-state index is 12.2. The fraction of sp³-hybridized carbons (Fsp3) is 0.381. The molecule has 0 aromatic heterocycles. The summed E-state index contributed by atoms with van der Waals surface area (Å²) in [6.07, 6.45) is 1.92. The topological polar surface area (TPSA) is 66.5 Å². The lowest BCUT2D eigenvalue weighted by Crippen LogP contribution is -2.32. The van der Waals surface area contributed by atoms with Crippen molar-refractivity contribution in [1.29, 1.82) is 0 Å². The molecule has 1 atom stereocenters. The summed E-state index contributed by atoms with van der Waals surface area (Å²) in [4.78, 5) is 12.2. The van der Waals surface area contributed by atoms with Gasteiger partial charge in [-0.2, -0.15) is 0 Å². The van der Waals surface area contributed by atoms with E-state index in [0.717, 1.165) is 10.0 Å². The van der Waals surface area contributed by atoms with Crippen LogP contribution in [0.2, 0.25) is 0 Å². The number of hydrogen-bond acceptors (Lipinski definition) is 3. The minimum absolute atomic E-state index is 0.0665. The van der Waals surface area contributed by atoms with E-state index in [4.69, 9.17) is 0 Å². The molecule has 2 rings (SSSR count). The molecule has 2 aromatic rings. The highest BCUT2D eigenvalue weighted by molar-refractivity contribution is 9.10. The van der Waals surface area contributed by atoms with Crippen LogP contribution in [0.1, 0.15) is 36.8 Å². The molecule has 0 aliphatic heterocycles. The van der Waals surface area contributed by atoms with Gasteiger partial charge in [-0.3, -0.25) is 9.10 Å². The molecule has 0 fully saturated rings. The standard InChI is InChI=1S/C21H27BrN2O3S/c1-16-14-19(11-12-20(16)22)24(28(3,26)27)13-7-10-21(25)23-15-17(2)18-8-5-4-6-9-18/h4-6,8-9,11-12,14,17H,7,10,13,15H2,1-3H3,(H,23,25)/t17-/m0/s1. The molecule has 0 radical (unpaired) electrons. The molecule has 0 aliphatic rings. The van der Waals surface area contributed by atoms with E-state index in [0.29, 0.717) is 18.7 Å². The highest BCUT2D eigenvalue weighted by Gasteiger charge is 2.18. The third-order valence-corrected chi connectivity index (χ3v) is 6.65. The third kappa shape index (κ3) is 6.63. The van der Waals surface area contributed by atoms with Gasteiger partial charge in [0.05, 0.1) is 11.9 Å². The second-order valence-electron chi connectivity index (χ2n) is 6.99. The lowest BCUT2D eigenvalue weighted by atomic mass is 10.0. The Balaban J connectivity index is 1.88. The van der Waals surface area contributed by atoms with Gasteiger partial charge in [0.25, 0.3) is 0 Å². The zero-order valence-electron chi connectivity index (χ0n) is 16.5. The minimum atomic E-state index is -3.42. The second kappa shape index (κ2) is 10.1. The van der Waals surface area contributed by atoms with E-state index in [1.165, 1.54) is 16.1 Å². The van der Waals surface area contributed by atoms with Crippen LogP contribution in [0.15, 0.2) is 53.0 Å². The molecule has 2 aromatic carbocycles. The number of carbonyl (C=O) groups is 1. The van der Waals surface area contributed by atoms with Crippen molar-refractivity contribution in [2.45, 2.75) is 32.6 Å². The van der Waals surface area contributed by atoms with Crippen molar-refractivity contribution < 1.29 is 13.2 Å². The molecule has 0 saturated carbocycles. The lowest BCUT2D eigenvalue weighted by molar-refractivity contribution is -0.121. The van der Waals surface area contributed by atoms with E-state index in [1.807, 2.05) is 49.4 Å². The Kier molecular flexibility index (Phi) is 8.07. The van der Waals surface area contributed by atoms with Crippen molar-refractivity contribution in [2.24, 2.45) is 0 Å². The largest absolute Gasteiger partial charge is 0.356 e. The Labute approximate surface area is 176 Å². The average Bonchev–Trinajstić information content (AvgIpc) is 2.65. The van der Waals surface area contributed by atoms with E-state index < -0.39 is 10.0 Å². The van der Waals surface area contributed by atoms with Crippen molar-refractivity contribution in [2.75, 3.05) is 23.7 Å². The number of anilines is 1. The van der Waals surface area contributed by atoms with E-state index in [2.05, 4.69) is 28.2 Å². The molecule has 1 N–H and O–H groups in total. The Bertz CT molecular complexity index is 901. The Morgan fingerprint density at radius 1 is 1.18 bits per heavy atom. The van der Waals surface area contributed by atoms with Crippen molar-refractivity contribution in [3.8, 4) is 0 Å². The first-order valence-electron chi connectivity index (χ1n) is 9.24. The quantitative estimate of drug-likeness (QED) is 0.601. The van der Waals surface area contributed by atoms with Gasteiger partial charge in [0.15, 0.2) is 0 Å². The maximum Gasteiger partial charge on any atom is 0.232 e. The smallest absolute Gasteiger partial charge is 0.232 e.